The zero-order valence-corrected chi connectivity index (χ0v) is 14.3. The Balaban J connectivity index is 1.75. The zero-order valence-electron chi connectivity index (χ0n) is 12.8. The lowest BCUT2D eigenvalue weighted by Crippen LogP contribution is -3.10. The number of hydrogen-bond donors (Lipinski definition) is 2. The normalized spacial score (nSPS) is 20.0. The van der Waals surface area contributed by atoms with Crippen LogP contribution < -0.4 is 10.2 Å². The number of anilines is 1. The summed E-state index contributed by atoms with van der Waals surface area (Å²) in [7, 11) is 2.13. The Hall–Kier alpha value is -1.62. The molecule has 2 heterocycles. The number of pyridine rings is 1. The molecule has 1 aromatic carbocycles. The van der Waals surface area contributed by atoms with Crippen LogP contribution in [-0.4, -0.2) is 24.5 Å². The van der Waals surface area contributed by atoms with Gasteiger partial charge in [0.25, 0.3) is 0 Å². The van der Waals surface area contributed by atoms with Gasteiger partial charge in [0.15, 0.2) is 5.82 Å². The highest BCUT2D eigenvalue weighted by Gasteiger charge is 2.30. The number of amides is 1. The molecule has 2 atom stereocenters. The van der Waals surface area contributed by atoms with Crippen molar-refractivity contribution in [1.29, 1.82) is 0 Å². The maximum absolute atomic E-state index is 12.4. The van der Waals surface area contributed by atoms with Crippen molar-refractivity contribution in [2.45, 2.75) is 18.9 Å². The lowest BCUT2D eigenvalue weighted by atomic mass is 9.91. The molecule has 3 rings (SSSR count). The number of benzene rings is 1. The number of nitrogens with zero attached hydrogens (tertiary/aromatic N) is 1. The number of nitrogens with one attached hydrogen (secondary N) is 2. The van der Waals surface area contributed by atoms with Gasteiger partial charge in [0.05, 0.1) is 30.1 Å². The quantitative estimate of drug-likeness (QED) is 0.893. The fourth-order valence-corrected chi connectivity index (χ4v) is 3.46. The maximum Gasteiger partial charge on any atom is 0.231 e. The van der Waals surface area contributed by atoms with E-state index in [1.54, 1.807) is 6.07 Å². The van der Waals surface area contributed by atoms with Gasteiger partial charge in [0, 0.05) is 18.2 Å². The monoisotopic (exact) mass is 350 g/mol. The molecule has 0 fully saturated rings. The first-order valence-electron chi connectivity index (χ1n) is 7.55. The van der Waals surface area contributed by atoms with E-state index in [0.29, 0.717) is 22.3 Å². The molecule has 1 unspecified atom stereocenters. The predicted molar refractivity (Wildman–Crippen MR) is 92.1 cm³/mol. The minimum atomic E-state index is -0.0947. The molecule has 1 amide bonds. The second-order valence-corrected chi connectivity index (χ2v) is 6.68. The van der Waals surface area contributed by atoms with Gasteiger partial charge in [-0.25, -0.2) is 4.98 Å². The molecule has 0 bridgehead atoms. The Labute approximate surface area is 145 Å². The number of aromatic nitrogens is 1. The van der Waals surface area contributed by atoms with Gasteiger partial charge in [-0.15, -0.1) is 0 Å². The lowest BCUT2D eigenvalue weighted by Gasteiger charge is -2.31. The topological polar surface area (TPSA) is 46.4 Å². The van der Waals surface area contributed by atoms with Crippen molar-refractivity contribution in [1.82, 2.24) is 4.98 Å². The highest BCUT2D eigenvalue weighted by atomic mass is 35.5. The highest BCUT2D eigenvalue weighted by Crippen LogP contribution is 2.25. The summed E-state index contributed by atoms with van der Waals surface area (Å²) in [5.74, 6) is 0.255. The van der Waals surface area contributed by atoms with Crippen LogP contribution in [0.15, 0.2) is 36.5 Å². The van der Waals surface area contributed by atoms with E-state index in [0.717, 1.165) is 13.0 Å². The fraction of sp³-hybridized carbons (Fsp3) is 0.294. The van der Waals surface area contributed by atoms with Gasteiger partial charge in [0.1, 0.15) is 6.04 Å². The molecule has 0 saturated carbocycles. The van der Waals surface area contributed by atoms with E-state index in [9.17, 15) is 4.79 Å². The number of quaternary nitrogens is 1. The van der Waals surface area contributed by atoms with Gasteiger partial charge in [-0.1, -0.05) is 47.5 Å². The summed E-state index contributed by atoms with van der Waals surface area (Å²) in [6, 6.07) is 10.0. The third-order valence-electron chi connectivity index (χ3n) is 4.27. The molecule has 23 heavy (non-hydrogen) atoms. The molecular weight excluding hydrogens is 333 g/mol. The first kappa shape index (κ1) is 16.2. The first-order valence-corrected chi connectivity index (χ1v) is 8.31. The zero-order chi connectivity index (χ0) is 16.4. The molecule has 0 saturated heterocycles. The standard InChI is InChI=1S/C17H17Cl2N3O/c1-22-7-6-11-4-2-3-5-13(11)15(22)9-16(23)21-17-14(19)8-12(18)10-20-17/h2-5,8,10,15H,6-7,9H2,1H3,(H,20,21,23)/p+1/t15-/m1/s1. The summed E-state index contributed by atoms with van der Waals surface area (Å²) in [4.78, 5) is 17.8. The van der Waals surface area contributed by atoms with Gasteiger partial charge < -0.3 is 10.2 Å². The number of hydrogen-bond acceptors (Lipinski definition) is 2. The smallest absolute Gasteiger partial charge is 0.231 e. The minimum Gasteiger partial charge on any atom is -0.330 e. The fourth-order valence-electron chi connectivity index (χ4n) is 3.03. The number of halogens is 2. The van der Waals surface area contributed by atoms with Gasteiger partial charge in [-0.3, -0.25) is 4.79 Å². The van der Waals surface area contributed by atoms with Crippen LogP contribution in [0.2, 0.25) is 10.0 Å². The Morgan fingerprint density at radius 2 is 2.17 bits per heavy atom. The van der Waals surface area contributed by atoms with Crippen LogP contribution in [0, 0.1) is 0 Å². The van der Waals surface area contributed by atoms with E-state index >= 15 is 0 Å². The van der Waals surface area contributed by atoms with Crippen molar-refractivity contribution >= 4 is 34.9 Å². The average molecular weight is 351 g/mol. The molecule has 0 radical (unpaired) electrons. The summed E-state index contributed by atoms with van der Waals surface area (Å²) in [6.07, 6.45) is 2.91. The molecule has 2 N–H and O–H groups in total. The summed E-state index contributed by atoms with van der Waals surface area (Å²) < 4.78 is 0. The summed E-state index contributed by atoms with van der Waals surface area (Å²) in [6.45, 7) is 1.02. The van der Waals surface area contributed by atoms with E-state index < -0.39 is 0 Å². The Morgan fingerprint density at radius 3 is 2.96 bits per heavy atom. The largest absolute Gasteiger partial charge is 0.330 e. The van der Waals surface area contributed by atoms with Crippen molar-refractivity contribution in [3.63, 3.8) is 0 Å². The Kier molecular flexibility index (Phi) is 4.85. The second kappa shape index (κ2) is 6.87. The molecule has 4 nitrogen and oxygen atoms in total. The third kappa shape index (κ3) is 3.66. The number of carbonyl (C=O) groups excluding carboxylic acids is 1. The molecule has 2 aromatic rings. The second-order valence-electron chi connectivity index (χ2n) is 5.83. The molecule has 1 aliphatic rings. The molecule has 1 aliphatic heterocycles. The average Bonchev–Trinajstić information content (AvgIpc) is 2.53. The van der Waals surface area contributed by atoms with Gasteiger partial charge in [-0.05, 0) is 11.6 Å². The van der Waals surface area contributed by atoms with Crippen LogP contribution in [0.4, 0.5) is 5.82 Å². The van der Waals surface area contributed by atoms with Crippen molar-refractivity contribution in [3.8, 4) is 0 Å². The van der Waals surface area contributed by atoms with Crippen molar-refractivity contribution in [3.05, 3.63) is 57.7 Å². The number of likely N-dealkylation sites (N-methyl/N-ethyl adjacent to an activating group) is 1. The van der Waals surface area contributed by atoms with Crippen LogP contribution in [-0.2, 0) is 11.2 Å². The molecular formula is C17H18Cl2N3O+. The van der Waals surface area contributed by atoms with Crippen LogP contribution in [0.25, 0.3) is 0 Å². The number of rotatable bonds is 3. The van der Waals surface area contributed by atoms with Gasteiger partial charge in [-0.2, -0.15) is 0 Å². The molecule has 1 aromatic heterocycles. The number of fused-ring (bicyclic) bond motifs is 1. The first-order chi connectivity index (χ1) is 11.0. The van der Waals surface area contributed by atoms with Crippen LogP contribution >= 0.6 is 23.2 Å². The molecule has 120 valence electrons. The Morgan fingerprint density at radius 1 is 1.39 bits per heavy atom. The van der Waals surface area contributed by atoms with Crippen molar-refractivity contribution in [2.24, 2.45) is 0 Å². The highest BCUT2D eigenvalue weighted by molar-refractivity contribution is 6.36. The van der Waals surface area contributed by atoms with E-state index in [1.165, 1.54) is 22.2 Å². The van der Waals surface area contributed by atoms with E-state index in [2.05, 4.69) is 29.5 Å². The third-order valence-corrected chi connectivity index (χ3v) is 4.76. The van der Waals surface area contributed by atoms with Crippen molar-refractivity contribution in [2.75, 3.05) is 18.9 Å². The number of carbonyl (C=O) groups is 1. The predicted octanol–water partition coefficient (Wildman–Crippen LogP) is 2.53. The van der Waals surface area contributed by atoms with Gasteiger partial charge >= 0.3 is 0 Å². The lowest BCUT2D eigenvalue weighted by molar-refractivity contribution is -0.914. The summed E-state index contributed by atoms with van der Waals surface area (Å²) in [5, 5.41) is 3.57. The van der Waals surface area contributed by atoms with Crippen LogP contribution in [0.1, 0.15) is 23.6 Å². The van der Waals surface area contributed by atoms with E-state index in [4.69, 9.17) is 23.2 Å². The van der Waals surface area contributed by atoms with Crippen LogP contribution in [0.3, 0.4) is 0 Å². The van der Waals surface area contributed by atoms with Crippen LogP contribution in [0.5, 0.6) is 0 Å². The van der Waals surface area contributed by atoms with Crippen molar-refractivity contribution < 1.29 is 9.69 Å². The maximum atomic E-state index is 12.4. The summed E-state index contributed by atoms with van der Waals surface area (Å²) in [5.41, 5.74) is 2.58. The minimum absolute atomic E-state index is 0.0947. The molecule has 6 heteroatoms. The molecule has 0 aliphatic carbocycles. The SMILES string of the molecule is C[NH+]1CCc2ccccc2[C@H]1CC(=O)Nc1ncc(Cl)cc1Cl. The van der Waals surface area contributed by atoms with Gasteiger partial charge in [0.2, 0.25) is 5.91 Å². The Bertz CT molecular complexity index is 736. The molecule has 0 spiro atoms. The van der Waals surface area contributed by atoms with E-state index in [1.807, 2.05) is 12.1 Å². The summed E-state index contributed by atoms with van der Waals surface area (Å²) >= 11 is 11.9. The van der Waals surface area contributed by atoms with E-state index in [-0.39, 0.29) is 11.9 Å².